The highest BCUT2D eigenvalue weighted by Crippen LogP contribution is 2.22. The standard InChI is InChI=1S/C16H15ClN2O2S/c1-10-13(17)4-3-5-14(10)18-16(22)19-15(20)11-6-8-12(21-2)9-7-11/h3-9H,1-2H3,(H2,18,19,20,22). The summed E-state index contributed by atoms with van der Waals surface area (Å²) in [6.45, 7) is 1.87. The Labute approximate surface area is 139 Å². The van der Waals surface area contributed by atoms with Crippen molar-refractivity contribution in [3.8, 4) is 5.75 Å². The zero-order chi connectivity index (χ0) is 16.1. The number of carbonyl (C=O) groups is 1. The second kappa shape index (κ2) is 7.24. The second-order valence-electron chi connectivity index (χ2n) is 4.55. The zero-order valence-corrected chi connectivity index (χ0v) is 13.7. The van der Waals surface area contributed by atoms with Crippen LogP contribution in [-0.4, -0.2) is 18.1 Å². The monoisotopic (exact) mass is 334 g/mol. The van der Waals surface area contributed by atoms with Crippen LogP contribution in [0.4, 0.5) is 5.69 Å². The van der Waals surface area contributed by atoms with Gasteiger partial charge in [-0.1, -0.05) is 17.7 Å². The molecule has 0 fully saturated rings. The lowest BCUT2D eigenvalue weighted by Crippen LogP contribution is -2.34. The van der Waals surface area contributed by atoms with Gasteiger partial charge in [0.25, 0.3) is 5.91 Å². The van der Waals surface area contributed by atoms with Crippen molar-refractivity contribution in [3.63, 3.8) is 0 Å². The lowest BCUT2D eigenvalue weighted by Gasteiger charge is -2.12. The van der Waals surface area contributed by atoms with E-state index in [1.54, 1.807) is 37.4 Å². The summed E-state index contributed by atoms with van der Waals surface area (Å²) in [5, 5.41) is 6.44. The Balaban J connectivity index is 2.01. The molecule has 0 heterocycles. The van der Waals surface area contributed by atoms with Gasteiger partial charge in [-0.3, -0.25) is 10.1 Å². The minimum atomic E-state index is -0.292. The highest BCUT2D eigenvalue weighted by atomic mass is 35.5. The average Bonchev–Trinajstić information content (AvgIpc) is 2.52. The molecule has 0 unspecified atom stereocenters. The van der Waals surface area contributed by atoms with Gasteiger partial charge in [-0.15, -0.1) is 0 Å². The molecule has 0 spiro atoms. The Bertz CT molecular complexity index is 702. The van der Waals surface area contributed by atoms with E-state index in [-0.39, 0.29) is 11.0 Å². The van der Waals surface area contributed by atoms with Gasteiger partial charge in [-0.25, -0.2) is 0 Å². The SMILES string of the molecule is COc1ccc(C(=O)NC(=S)Nc2cccc(Cl)c2C)cc1. The van der Waals surface area contributed by atoms with Gasteiger partial charge in [-0.05, 0) is 61.1 Å². The molecule has 0 saturated carbocycles. The third-order valence-electron chi connectivity index (χ3n) is 3.10. The number of ether oxygens (including phenoxy) is 1. The fourth-order valence-electron chi connectivity index (χ4n) is 1.81. The molecule has 2 aromatic rings. The van der Waals surface area contributed by atoms with Crippen molar-refractivity contribution in [1.29, 1.82) is 0 Å². The third-order valence-corrected chi connectivity index (χ3v) is 3.71. The first-order valence-corrected chi connectivity index (χ1v) is 7.31. The normalized spacial score (nSPS) is 9.95. The predicted molar refractivity (Wildman–Crippen MR) is 92.9 cm³/mol. The van der Waals surface area contributed by atoms with Crippen molar-refractivity contribution in [1.82, 2.24) is 5.32 Å². The Morgan fingerprint density at radius 1 is 1.18 bits per heavy atom. The maximum absolute atomic E-state index is 12.1. The van der Waals surface area contributed by atoms with Crippen molar-refractivity contribution >= 4 is 40.5 Å². The van der Waals surface area contributed by atoms with Crippen molar-refractivity contribution in [2.45, 2.75) is 6.92 Å². The van der Waals surface area contributed by atoms with E-state index in [4.69, 9.17) is 28.6 Å². The van der Waals surface area contributed by atoms with Crippen LogP contribution in [0.15, 0.2) is 42.5 Å². The second-order valence-corrected chi connectivity index (χ2v) is 5.36. The molecule has 0 saturated heterocycles. The number of benzene rings is 2. The highest BCUT2D eigenvalue weighted by Gasteiger charge is 2.09. The molecule has 4 nitrogen and oxygen atoms in total. The topological polar surface area (TPSA) is 50.4 Å². The molecule has 0 atom stereocenters. The largest absolute Gasteiger partial charge is 0.497 e. The maximum atomic E-state index is 12.1. The molecule has 114 valence electrons. The zero-order valence-electron chi connectivity index (χ0n) is 12.1. The van der Waals surface area contributed by atoms with Crippen LogP contribution in [0.5, 0.6) is 5.75 Å². The fraction of sp³-hybridized carbons (Fsp3) is 0.125. The average molecular weight is 335 g/mol. The molecule has 0 radical (unpaired) electrons. The summed E-state index contributed by atoms with van der Waals surface area (Å²) >= 11 is 11.2. The van der Waals surface area contributed by atoms with Gasteiger partial charge in [0.05, 0.1) is 7.11 Å². The van der Waals surface area contributed by atoms with E-state index in [1.165, 1.54) is 0 Å². The molecule has 2 N–H and O–H groups in total. The van der Waals surface area contributed by atoms with E-state index in [2.05, 4.69) is 10.6 Å². The number of methoxy groups -OCH3 is 1. The van der Waals surface area contributed by atoms with Gasteiger partial charge < -0.3 is 10.1 Å². The fourth-order valence-corrected chi connectivity index (χ4v) is 2.19. The molecule has 0 aliphatic heterocycles. The minimum absolute atomic E-state index is 0.214. The van der Waals surface area contributed by atoms with Gasteiger partial charge in [0.15, 0.2) is 5.11 Å². The quantitative estimate of drug-likeness (QED) is 0.839. The number of nitrogens with one attached hydrogen (secondary N) is 2. The number of anilines is 1. The number of thiocarbonyl (C=S) groups is 1. The maximum Gasteiger partial charge on any atom is 0.257 e. The first-order valence-electron chi connectivity index (χ1n) is 6.52. The lowest BCUT2D eigenvalue weighted by atomic mass is 10.2. The van der Waals surface area contributed by atoms with E-state index in [9.17, 15) is 4.79 Å². The summed E-state index contributed by atoms with van der Waals surface area (Å²) in [7, 11) is 1.57. The van der Waals surface area contributed by atoms with Crippen LogP contribution in [0.25, 0.3) is 0 Å². The van der Waals surface area contributed by atoms with Crippen molar-refractivity contribution in [3.05, 3.63) is 58.6 Å². The minimum Gasteiger partial charge on any atom is -0.497 e. The van der Waals surface area contributed by atoms with Crippen LogP contribution in [0, 0.1) is 6.92 Å². The molecule has 1 amide bonds. The summed E-state index contributed by atoms with van der Waals surface area (Å²) in [5.74, 6) is 0.395. The van der Waals surface area contributed by atoms with E-state index in [1.807, 2.05) is 19.1 Å². The molecule has 0 aliphatic rings. The first kappa shape index (κ1) is 16.3. The number of halogens is 1. The van der Waals surface area contributed by atoms with Gasteiger partial charge in [0.2, 0.25) is 0 Å². The molecule has 0 aliphatic carbocycles. The number of carbonyl (C=O) groups excluding carboxylic acids is 1. The van der Waals surface area contributed by atoms with Crippen LogP contribution in [0.2, 0.25) is 5.02 Å². The lowest BCUT2D eigenvalue weighted by molar-refractivity contribution is 0.0977. The summed E-state index contributed by atoms with van der Waals surface area (Å²) in [5.41, 5.74) is 2.12. The highest BCUT2D eigenvalue weighted by molar-refractivity contribution is 7.80. The summed E-state index contributed by atoms with van der Waals surface area (Å²) in [4.78, 5) is 12.1. The summed E-state index contributed by atoms with van der Waals surface area (Å²) in [6.07, 6.45) is 0. The van der Waals surface area contributed by atoms with Gasteiger partial charge >= 0.3 is 0 Å². The third kappa shape index (κ3) is 3.96. The molecule has 2 aromatic carbocycles. The number of amides is 1. The molecule has 22 heavy (non-hydrogen) atoms. The van der Waals surface area contributed by atoms with Crippen molar-refractivity contribution in [2.24, 2.45) is 0 Å². The van der Waals surface area contributed by atoms with E-state index >= 15 is 0 Å². The van der Waals surface area contributed by atoms with Gasteiger partial charge in [0.1, 0.15) is 5.75 Å². The van der Waals surface area contributed by atoms with E-state index < -0.39 is 0 Å². The van der Waals surface area contributed by atoms with Crippen LogP contribution in [0.1, 0.15) is 15.9 Å². The Hall–Kier alpha value is -2.11. The van der Waals surface area contributed by atoms with Crippen LogP contribution in [-0.2, 0) is 0 Å². The number of rotatable bonds is 3. The van der Waals surface area contributed by atoms with E-state index in [0.717, 1.165) is 11.3 Å². The molecule has 0 aromatic heterocycles. The number of hydrogen-bond acceptors (Lipinski definition) is 3. The number of hydrogen-bond donors (Lipinski definition) is 2. The Morgan fingerprint density at radius 3 is 2.50 bits per heavy atom. The first-order chi connectivity index (χ1) is 10.5. The Morgan fingerprint density at radius 2 is 1.86 bits per heavy atom. The molecular weight excluding hydrogens is 320 g/mol. The Kier molecular flexibility index (Phi) is 5.35. The van der Waals surface area contributed by atoms with E-state index in [0.29, 0.717) is 16.3 Å². The van der Waals surface area contributed by atoms with Crippen LogP contribution >= 0.6 is 23.8 Å². The van der Waals surface area contributed by atoms with Gasteiger partial charge in [-0.2, -0.15) is 0 Å². The van der Waals surface area contributed by atoms with Crippen molar-refractivity contribution < 1.29 is 9.53 Å². The summed E-state index contributed by atoms with van der Waals surface area (Å²) in [6, 6.07) is 12.2. The predicted octanol–water partition coefficient (Wildman–Crippen LogP) is 3.78. The molecule has 0 bridgehead atoms. The molecule has 2 rings (SSSR count). The van der Waals surface area contributed by atoms with Gasteiger partial charge in [0, 0.05) is 16.3 Å². The van der Waals surface area contributed by atoms with Crippen LogP contribution in [0.3, 0.4) is 0 Å². The van der Waals surface area contributed by atoms with Crippen LogP contribution < -0.4 is 15.4 Å². The summed E-state index contributed by atoms with van der Waals surface area (Å²) < 4.78 is 5.05. The van der Waals surface area contributed by atoms with Crippen molar-refractivity contribution in [2.75, 3.05) is 12.4 Å². The smallest absolute Gasteiger partial charge is 0.257 e. The molecule has 6 heteroatoms. The molecular formula is C16H15ClN2O2S.